The highest BCUT2D eigenvalue weighted by Crippen LogP contribution is 2.29. The molecule has 0 aliphatic heterocycles. The molecule has 32 heavy (non-hydrogen) atoms. The van der Waals surface area contributed by atoms with Gasteiger partial charge in [-0.25, -0.2) is 9.59 Å². The Bertz CT molecular complexity index is 1040. The molecule has 11 nitrogen and oxygen atoms in total. The Balaban J connectivity index is 2.20. The summed E-state index contributed by atoms with van der Waals surface area (Å²) in [7, 11) is 2.88. The van der Waals surface area contributed by atoms with E-state index in [1.165, 1.54) is 27.2 Å². The van der Waals surface area contributed by atoms with Crippen LogP contribution < -0.4 is 14.8 Å². The van der Waals surface area contributed by atoms with E-state index in [2.05, 4.69) is 5.32 Å². The summed E-state index contributed by atoms with van der Waals surface area (Å²) in [6, 6.07) is 7.79. The number of nitrogens with zero attached hydrogens (tertiary/aromatic N) is 1. The maximum Gasteiger partial charge on any atom is 0.339 e. The first-order valence-electron chi connectivity index (χ1n) is 9.40. The Hall–Kier alpha value is -4.15. The molecule has 0 aliphatic rings. The van der Waals surface area contributed by atoms with Gasteiger partial charge in [0.1, 0.15) is 11.5 Å². The molecule has 0 fully saturated rings. The molecule has 0 aromatic heterocycles. The smallest absolute Gasteiger partial charge is 0.339 e. The number of hydrogen-bond acceptors (Lipinski definition) is 9. The van der Waals surface area contributed by atoms with Crippen LogP contribution in [-0.4, -0.2) is 49.7 Å². The molecule has 1 unspecified atom stereocenters. The van der Waals surface area contributed by atoms with Crippen LogP contribution in [0.15, 0.2) is 36.4 Å². The van der Waals surface area contributed by atoms with Gasteiger partial charge in [-0.15, -0.1) is 0 Å². The predicted octanol–water partition coefficient (Wildman–Crippen LogP) is 2.97. The van der Waals surface area contributed by atoms with E-state index in [0.717, 1.165) is 18.2 Å². The van der Waals surface area contributed by atoms with Gasteiger partial charge in [0.25, 0.3) is 11.6 Å². The van der Waals surface area contributed by atoms with Crippen molar-refractivity contribution in [3.05, 3.63) is 57.6 Å². The lowest BCUT2D eigenvalue weighted by Crippen LogP contribution is -2.30. The monoisotopic (exact) mass is 446 g/mol. The minimum atomic E-state index is -1.27. The van der Waals surface area contributed by atoms with Crippen molar-refractivity contribution in [3.63, 3.8) is 0 Å². The standard InChI is InChI=1S/C21H22N2O9/c1-5-31-20(25)13-8-14(10-15(9-13)23(27)28)21(26)32-12(2)19(24)22-17-11-16(29-3)6-7-18(17)30-4/h6-12H,5H2,1-4H3,(H,22,24). The van der Waals surface area contributed by atoms with Crippen LogP contribution in [0.5, 0.6) is 11.5 Å². The van der Waals surface area contributed by atoms with Gasteiger partial charge in [0, 0.05) is 18.2 Å². The van der Waals surface area contributed by atoms with E-state index >= 15 is 0 Å². The lowest BCUT2D eigenvalue weighted by atomic mass is 10.1. The Labute approximate surface area is 183 Å². The maximum absolute atomic E-state index is 12.5. The second kappa shape index (κ2) is 10.8. The van der Waals surface area contributed by atoms with Crippen molar-refractivity contribution in [2.75, 3.05) is 26.1 Å². The minimum Gasteiger partial charge on any atom is -0.497 e. The Morgan fingerprint density at radius 2 is 1.69 bits per heavy atom. The first-order valence-corrected chi connectivity index (χ1v) is 9.40. The quantitative estimate of drug-likeness (QED) is 0.349. The summed E-state index contributed by atoms with van der Waals surface area (Å²) >= 11 is 0. The number of carbonyl (C=O) groups is 3. The minimum absolute atomic E-state index is 0.0479. The molecule has 0 saturated heterocycles. The Morgan fingerprint density at radius 3 is 2.25 bits per heavy atom. The van der Waals surface area contributed by atoms with Crippen LogP contribution in [0.3, 0.4) is 0 Å². The summed E-state index contributed by atoms with van der Waals surface area (Å²) in [5.74, 6) is -1.72. The average molecular weight is 446 g/mol. The maximum atomic E-state index is 12.5. The number of amides is 1. The van der Waals surface area contributed by atoms with Gasteiger partial charge in [-0.2, -0.15) is 0 Å². The normalized spacial score (nSPS) is 11.1. The molecule has 0 radical (unpaired) electrons. The average Bonchev–Trinajstić information content (AvgIpc) is 2.78. The second-order valence-corrected chi connectivity index (χ2v) is 6.35. The van der Waals surface area contributed by atoms with Gasteiger partial charge in [-0.3, -0.25) is 14.9 Å². The molecule has 1 amide bonds. The largest absolute Gasteiger partial charge is 0.497 e. The fraction of sp³-hybridized carbons (Fsp3) is 0.286. The first-order chi connectivity index (χ1) is 15.2. The number of nitro groups is 1. The molecule has 1 atom stereocenters. The molecule has 0 heterocycles. The van der Waals surface area contributed by atoms with Gasteiger partial charge < -0.3 is 24.3 Å². The van der Waals surface area contributed by atoms with Crippen molar-refractivity contribution in [2.45, 2.75) is 20.0 Å². The van der Waals surface area contributed by atoms with Crippen molar-refractivity contribution in [1.29, 1.82) is 0 Å². The number of carbonyl (C=O) groups excluding carboxylic acids is 3. The number of hydrogen-bond donors (Lipinski definition) is 1. The second-order valence-electron chi connectivity index (χ2n) is 6.35. The number of ether oxygens (including phenoxy) is 4. The van der Waals surface area contributed by atoms with E-state index < -0.39 is 34.6 Å². The molecule has 11 heteroatoms. The van der Waals surface area contributed by atoms with Crippen LogP contribution in [0.2, 0.25) is 0 Å². The fourth-order valence-electron chi connectivity index (χ4n) is 2.59. The number of esters is 2. The topological polar surface area (TPSA) is 143 Å². The molecule has 0 bridgehead atoms. The molecular formula is C21H22N2O9. The number of nitrogens with one attached hydrogen (secondary N) is 1. The van der Waals surface area contributed by atoms with Crippen molar-refractivity contribution in [1.82, 2.24) is 0 Å². The number of benzene rings is 2. The Kier molecular flexibility index (Phi) is 8.11. The van der Waals surface area contributed by atoms with E-state index in [4.69, 9.17) is 18.9 Å². The van der Waals surface area contributed by atoms with Gasteiger partial charge in [0.15, 0.2) is 6.10 Å². The summed E-state index contributed by atoms with van der Waals surface area (Å²) in [5, 5.41) is 13.7. The van der Waals surface area contributed by atoms with E-state index in [9.17, 15) is 24.5 Å². The first kappa shape index (κ1) is 24.1. The molecular weight excluding hydrogens is 424 g/mol. The molecule has 2 aromatic carbocycles. The third-order valence-corrected chi connectivity index (χ3v) is 4.19. The molecule has 0 aliphatic carbocycles. The lowest BCUT2D eigenvalue weighted by molar-refractivity contribution is -0.384. The summed E-state index contributed by atoms with van der Waals surface area (Å²) < 4.78 is 20.2. The van der Waals surface area contributed by atoms with Crippen LogP contribution in [-0.2, 0) is 14.3 Å². The van der Waals surface area contributed by atoms with Gasteiger partial charge in [-0.1, -0.05) is 0 Å². The third-order valence-electron chi connectivity index (χ3n) is 4.19. The van der Waals surface area contributed by atoms with Crippen molar-refractivity contribution >= 4 is 29.2 Å². The van der Waals surface area contributed by atoms with E-state index in [1.807, 2.05) is 0 Å². The zero-order valence-electron chi connectivity index (χ0n) is 17.9. The molecule has 2 rings (SSSR count). The zero-order chi connectivity index (χ0) is 23.8. The number of anilines is 1. The number of nitro benzene ring substituents is 1. The SMILES string of the molecule is CCOC(=O)c1cc(C(=O)OC(C)C(=O)Nc2cc(OC)ccc2OC)cc([N+](=O)[O-])c1. The van der Waals surface area contributed by atoms with E-state index in [0.29, 0.717) is 17.2 Å². The highest BCUT2D eigenvalue weighted by atomic mass is 16.6. The van der Waals surface area contributed by atoms with Crippen LogP contribution >= 0.6 is 0 Å². The fourth-order valence-corrected chi connectivity index (χ4v) is 2.59. The van der Waals surface area contributed by atoms with Crippen molar-refractivity contribution in [3.8, 4) is 11.5 Å². The van der Waals surface area contributed by atoms with Crippen molar-refractivity contribution < 1.29 is 38.3 Å². The van der Waals surface area contributed by atoms with Gasteiger partial charge in [-0.05, 0) is 32.0 Å². The molecule has 170 valence electrons. The molecule has 1 N–H and O–H groups in total. The van der Waals surface area contributed by atoms with Gasteiger partial charge >= 0.3 is 11.9 Å². The van der Waals surface area contributed by atoms with Crippen LogP contribution in [0, 0.1) is 10.1 Å². The summed E-state index contributed by atoms with van der Waals surface area (Å²) in [6.07, 6.45) is -1.27. The third kappa shape index (κ3) is 5.94. The molecule has 0 saturated carbocycles. The molecule has 0 spiro atoms. The van der Waals surface area contributed by atoms with E-state index in [1.54, 1.807) is 19.1 Å². The number of non-ortho nitro benzene ring substituents is 1. The van der Waals surface area contributed by atoms with Crippen LogP contribution in [0.25, 0.3) is 0 Å². The van der Waals surface area contributed by atoms with Crippen LogP contribution in [0.4, 0.5) is 11.4 Å². The van der Waals surface area contributed by atoms with Crippen LogP contribution in [0.1, 0.15) is 34.6 Å². The Morgan fingerprint density at radius 1 is 1.03 bits per heavy atom. The van der Waals surface area contributed by atoms with Gasteiger partial charge in [0.05, 0.1) is 42.6 Å². The summed E-state index contributed by atoms with van der Waals surface area (Å²) in [5.41, 5.74) is -0.674. The molecule has 2 aromatic rings. The summed E-state index contributed by atoms with van der Waals surface area (Å²) in [4.78, 5) is 47.4. The number of rotatable bonds is 9. The lowest BCUT2D eigenvalue weighted by Gasteiger charge is -2.16. The predicted molar refractivity (Wildman–Crippen MR) is 112 cm³/mol. The highest BCUT2D eigenvalue weighted by molar-refractivity contribution is 6.00. The highest BCUT2D eigenvalue weighted by Gasteiger charge is 2.24. The number of methoxy groups -OCH3 is 2. The van der Waals surface area contributed by atoms with Gasteiger partial charge in [0.2, 0.25) is 0 Å². The van der Waals surface area contributed by atoms with E-state index in [-0.39, 0.29) is 17.7 Å². The zero-order valence-corrected chi connectivity index (χ0v) is 17.9. The summed E-state index contributed by atoms with van der Waals surface area (Å²) in [6.45, 7) is 2.94. The van der Waals surface area contributed by atoms with Crippen molar-refractivity contribution in [2.24, 2.45) is 0 Å².